The van der Waals surface area contributed by atoms with Gasteiger partial charge in [0, 0.05) is 35.3 Å². The van der Waals surface area contributed by atoms with Crippen LogP contribution in [-0.2, 0) is 22.3 Å². The minimum Gasteiger partial charge on any atom is -0.465 e. The van der Waals surface area contributed by atoms with Crippen molar-refractivity contribution in [2.75, 3.05) is 12.0 Å². The summed E-state index contributed by atoms with van der Waals surface area (Å²) in [5, 5.41) is 4.10. The number of alkyl halides is 3. The van der Waals surface area contributed by atoms with E-state index in [1.54, 1.807) is 24.4 Å². The summed E-state index contributed by atoms with van der Waals surface area (Å²) in [6, 6.07) is 9.28. The third kappa shape index (κ3) is 4.66. The first-order chi connectivity index (χ1) is 18.3. The summed E-state index contributed by atoms with van der Waals surface area (Å²) in [5.41, 5.74) is 0.572. The van der Waals surface area contributed by atoms with Crippen molar-refractivity contribution in [3.63, 3.8) is 0 Å². The van der Waals surface area contributed by atoms with Crippen molar-refractivity contribution in [3.05, 3.63) is 65.0 Å². The molecule has 2 bridgehead atoms. The Morgan fingerprint density at radius 1 is 1.11 bits per heavy atom. The summed E-state index contributed by atoms with van der Waals surface area (Å²) >= 11 is 0. The van der Waals surface area contributed by atoms with Crippen LogP contribution in [0.2, 0.25) is 0 Å². The molecule has 0 spiro atoms. The number of piperidine rings is 1. The zero-order chi connectivity index (χ0) is 26.4. The molecule has 2 aromatic heterocycles. The summed E-state index contributed by atoms with van der Waals surface area (Å²) < 4.78 is 58.1. The molecule has 0 N–H and O–H groups in total. The summed E-state index contributed by atoms with van der Waals surface area (Å²) in [5.74, 6) is 1.17. The summed E-state index contributed by atoms with van der Waals surface area (Å²) in [7, 11) is 1.35. The number of carbonyl (C=O) groups excluding carboxylic acids is 1. The highest BCUT2D eigenvalue weighted by molar-refractivity contribution is 5.90. The number of ether oxygens (including phenoxy) is 2. The van der Waals surface area contributed by atoms with Crippen molar-refractivity contribution >= 4 is 11.8 Å². The molecule has 4 heterocycles. The second-order valence-corrected chi connectivity index (χ2v) is 10.3. The van der Waals surface area contributed by atoms with Gasteiger partial charge in [0.1, 0.15) is 17.3 Å². The molecule has 38 heavy (non-hydrogen) atoms. The van der Waals surface area contributed by atoms with Gasteiger partial charge in [0.25, 0.3) is 0 Å². The van der Waals surface area contributed by atoms with Crippen LogP contribution < -0.4 is 4.90 Å². The van der Waals surface area contributed by atoms with Crippen LogP contribution in [0.15, 0.2) is 47.1 Å². The minimum absolute atomic E-state index is 0.0145. The lowest BCUT2D eigenvalue weighted by Gasteiger charge is -2.39. The Kier molecular flexibility index (Phi) is 6.37. The fourth-order valence-corrected chi connectivity index (χ4v) is 5.92. The van der Waals surface area contributed by atoms with Gasteiger partial charge in [0.15, 0.2) is 0 Å². The lowest BCUT2D eigenvalue weighted by atomic mass is 9.98. The van der Waals surface area contributed by atoms with E-state index in [1.165, 1.54) is 19.2 Å². The maximum atomic E-state index is 13.8. The lowest BCUT2D eigenvalue weighted by molar-refractivity contribution is -0.137. The van der Waals surface area contributed by atoms with Crippen molar-refractivity contribution in [1.29, 1.82) is 0 Å². The van der Waals surface area contributed by atoms with Crippen LogP contribution in [0.4, 0.5) is 19.0 Å². The second kappa shape index (κ2) is 9.72. The third-order valence-corrected chi connectivity index (χ3v) is 7.84. The molecule has 200 valence electrons. The van der Waals surface area contributed by atoms with Crippen LogP contribution in [0.25, 0.3) is 11.3 Å². The second-order valence-electron chi connectivity index (χ2n) is 10.3. The molecule has 1 saturated carbocycles. The predicted octanol–water partition coefficient (Wildman–Crippen LogP) is 6.14. The topological polar surface area (TPSA) is 77.7 Å². The van der Waals surface area contributed by atoms with E-state index >= 15 is 0 Å². The van der Waals surface area contributed by atoms with Crippen molar-refractivity contribution in [2.24, 2.45) is 0 Å². The smallest absolute Gasteiger partial charge is 0.417 e. The molecule has 2 saturated heterocycles. The molecule has 0 radical (unpaired) electrons. The van der Waals surface area contributed by atoms with Crippen LogP contribution >= 0.6 is 0 Å². The maximum absolute atomic E-state index is 13.8. The number of fused-ring (bicyclic) bond motifs is 2. The normalized spacial score (nSPS) is 23.1. The first kappa shape index (κ1) is 24.9. The van der Waals surface area contributed by atoms with E-state index in [9.17, 15) is 18.0 Å². The van der Waals surface area contributed by atoms with Crippen LogP contribution in [-0.4, -0.2) is 41.4 Å². The van der Waals surface area contributed by atoms with Crippen molar-refractivity contribution in [1.82, 2.24) is 10.1 Å². The zero-order valence-electron chi connectivity index (χ0n) is 20.9. The number of hydrogen-bond donors (Lipinski definition) is 0. The van der Waals surface area contributed by atoms with Gasteiger partial charge in [-0.3, -0.25) is 0 Å². The van der Waals surface area contributed by atoms with Crippen LogP contribution in [0.5, 0.6) is 0 Å². The van der Waals surface area contributed by atoms with E-state index in [2.05, 4.69) is 15.0 Å². The fraction of sp³-hybridized carbons (Fsp3) is 0.464. The Morgan fingerprint density at radius 2 is 1.84 bits per heavy atom. The van der Waals surface area contributed by atoms with Gasteiger partial charge in [-0.2, -0.15) is 13.2 Å². The molecule has 6 rings (SSSR count). The number of methoxy groups -OCH3 is 1. The van der Waals surface area contributed by atoms with Gasteiger partial charge in [-0.15, -0.1) is 0 Å². The predicted molar refractivity (Wildman–Crippen MR) is 132 cm³/mol. The minimum atomic E-state index is -4.50. The number of aromatic nitrogens is 2. The highest BCUT2D eigenvalue weighted by Gasteiger charge is 2.43. The fourth-order valence-electron chi connectivity index (χ4n) is 5.92. The van der Waals surface area contributed by atoms with Gasteiger partial charge in [0.05, 0.1) is 30.9 Å². The summed E-state index contributed by atoms with van der Waals surface area (Å²) in [6.07, 6.45) is 2.43. The van der Waals surface area contributed by atoms with E-state index in [4.69, 9.17) is 14.0 Å². The van der Waals surface area contributed by atoms with Gasteiger partial charge >= 0.3 is 12.1 Å². The molecule has 3 aromatic rings. The molecule has 1 unspecified atom stereocenters. The number of esters is 1. The maximum Gasteiger partial charge on any atom is 0.417 e. The van der Waals surface area contributed by atoms with Gasteiger partial charge in [-0.25, -0.2) is 9.78 Å². The van der Waals surface area contributed by atoms with E-state index < -0.39 is 17.7 Å². The average Bonchev–Trinajstić information content (AvgIpc) is 3.62. The molecule has 1 aromatic carbocycles. The molecule has 0 amide bonds. The molecular weight excluding hydrogens is 499 g/mol. The average molecular weight is 528 g/mol. The molecule has 2 aliphatic heterocycles. The summed E-state index contributed by atoms with van der Waals surface area (Å²) in [4.78, 5) is 18.8. The van der Waals surface area contributed by atoms with E-state index in [1.807, 2.05) is 0 Å². The first-order valence-corrected chi connectivity index (χ1v) is 12.9. The number of nitrogens with zero attached hydrogens (tertiary/aromatic N) is 3. The zero-order valence-corrected chi connectivity index (χ0v) is 20.9. The molecule has 3 fully saturated rings. The van der Waals surface area contributed by atoms with Crippen LogP contribution in [0.3, 0.4) is 0 Å². The lowest BCUT2D eigenvalue weighted by Crippen LogP contribution is -2.46. The monoisotopic (exact) mass is 527 g/mol. The Morgan fingerprint density at radius 3 is 2.53 bits per heavy atom. The molecule has 7 nitrogen and oxygen atoms in total. The number of hydrogen-bond acceptors (Lipinski definition) is 7. The molecule has 10 heteroatoms. The molecule has 3 atom stereocenters. The van der Waals surface area contributed by atoms with E-state index in [0.29, 0.717) is 16.9 Å². The highest BCUT2D eigenvalue weighted by Crippen LogP contribution is 2.46. The van der Waals surface area contributed by atoms with Crippen molar-refractivity contribution in [3.8, 4) is 11.3 Å². The summed E-state index contributed by atoms with van der Waals surface area (Å²) in [6.45, 7) is 0.150. The molecular formula is C28H28F3N3O4. The highest BCUT2D eigenvalue weighted by atomic mass is 19.4. The number of rotatable bonds is 7. The largest absolute Gasteiger partial charge is 0.465 e. The number of halogens is 3. The number of anilines is 1. The Balaban J connectivity index is 1.21. The standard InChI is InChI=1S/C28H28F3N3O4/c1-36-27(35)17-10-11-32-24(12-17)34-18-8-9-19(34)14-20(13-18)37-15-22-25(33-38-26(22)16-6-7-16)21-4-2-3-5-23(21)28(29,30)31/h2-5,10-12,16,18-20H,6-9,13-15H2,1H3/t18-,19+,20?. The van der Waals surface area contributed by atoms with Crippen molar-refractivity contribution in [2.45, 2.75) is 75.4 Å². The molecule has 1 aliphatic carbocycles. The van der Waals surface area contributed by atoms with Crippen LogP contribution in [0, 0.1) is 0 Å². The van der Waals surface area contributed by atoms with Gasteiger partial charge in [0.2, 0.25) is 0 Å². The third-order valence-electron chi connectivity index (χ3n) is 7.84. The Hall–Kier alpha value is -3.40. The first-order valence-electron chi connectivity index (χ1n) is 12.9. The SMILES string of the molecule is COC(=O)c1ccnc(N2[C@@H]3CC[C@H]2CC(OCc2c(-c4ccccc4C(F)(F)F)noc2C2CC2)C3)c1. The molecule has 3 aliphatic rings. The van der Waals surface area contributed by atoms with Gasteiger partial charge < -0.3 is 18.9 Å². The van der Waals surface area contributed by atoms with Crippen LogP contribution in [0.1, 0.15) is 71.7 Å². The quantitative estimate of drug-likeness (QED) is 0.342. The Bertz CT molecular complexity index is 1320. The number of benzene rings is 1. The van der Waals surface area contributed by atoms with Gasteiger partial charge in [-0.05, 0) is 56.7 Å². The van der Waals surface area contributed by atoms with Crippen molar-refractivity contribution < 1.29 is 32.0 Å². The Labute approximate surface area is 217 Å². The van der Waals surface area contributed by atoms with Gasteiger partial charge in [-0.1, -0.05) is 23.4 Å². The number of carbonyl (C=O) groups is 1. The number of pyridine rings is 1. The van der Waals surface area contributed by atoms with E-state index in [-0.39, 0.29) is 42.0 Å². The van der Waals surface area contributed by atoms with E-state index in [0.717, 1.165) is 50.4 Å².